The van der Waals surface area contributed by atoms with Crippen LogP contribution in [0.5, 0.6) is 5.75 Å². The number of carboxylic acid groups (broad SMARTS) is 1. The van der Waals surface area contributed by atoms with Crippen molar-refractivity contribution in [3.63, 3.8) is 0 Å². The van der Waals surface area contributed by atoms with Crippen LogP contribution < -0.4 is 9.64 Å². The number of benzene rings is 2. The first-order valence-corrected chi connectivity index (χ1v) is 17.3. The number of likely N-dealkylation sites (N-methyl/N-ethyl adjacent to an activating group) is 2. The van der Waals surface area contributed by atoms with Crippen LogP contribution >= 0.6 is 0 Å². The highest BCUT2D eigenvalue weighted by Crippen LogP contribution is 2.38. The summed E-state index contributed by atoms with van der Waals surface area (Å²) in [6, 6.07) is 14.2. The van der Waals surface area contributed by atoms with Gasteiger partial charge in [0.1, 0.15) is 22.3 Å². The number of hydrogen-bond donors (Lipinski definition) is 1. The second kappa shape index (κ2) is 14.1. The van der Waals surface area contributed by atoms with E-state index in [-0.39, 0.29) is 22.2 Å². The van der Waals surface area contributed by atoms with Gasteiger partial charge in [-0.3, -0.25) is 4.90 Å². The van der Waals surface area contributed by atoms with E-state index in [1.54, 1.807) is 10.4 Å². The van der Waals surface area contributed by atoms with Gasteiger partial charge < -0.3 is 19.6 Å². The van der Waals surface area contributed by atoms with Crippen molar-refractivity contribution in [2.45, 2.75) is 48.2 Å². The van der Waals surface area contributed by atoms with Crippen LogP contribution in [0.25, 0.3) is 10.9 Å². The number of para-hydroxylation sites is 1. The summed E-state index contributed by atoms with van der Waals surface area (Å²) in [5, 5.41) is 7.93. The number of carboxylic acids is 1. The zero-order chi connectivity index (χ0) is 34.9. The molecule has 3 fully saturated rings. The molecule has 0 saturated carbocycles. The minimum absolute atomic E-state index is 0.103. The normalized spacial score (nSPS) is 21.1. The highest BCUT2D eigenvalue weighted by molar-refractivity contribution is 7.89. The van der Waals surface area contributed by atoms with E-state index in [1.165, 1.54) is 19.2 Å². The second-order valence-electron chi connectivity index (χ2n) is 12.8. The molecule has 1 N–H and O–H groups in total. The van der Waals surface area contributed by atoms with Crippen molar-refractivity contribution in [2.24, 2.45) is 0 Å². The number of alkyl halides is 3. The van der Waals surface area contributed by atoms with E-state index in [9.17, 15) is 26.0 Å². The molecule has 3 saturated heterocycles. The minimum atomic E-state index is -5.08. The van der Waals surface area contributed by atoms with Gasteiger partial charge in [-0.25, -0.2) is 22.6 Å². The summed E-state index contributed by atoms with van der Waals surface area (Å²) in [6.45, 7) is 5.34. The van der Waals surface area contributed by atoms with Gasteiger partial charge in [-0.1, -0.05) is 18.2 Å². The molecular weight excluding hydrogens is 654 g/mol. The molecule has 3 aliphatic rings. The summed E-state index contributed by atoms with van der Waals surface area (Å²) in [4.78, 5) is 21.2. The van der Waals surface area contributed by atoms with Crippen LogP contribution in [0.3, 0.4) is 0 Å². The number of rotatable bonds is 5. The fraction of sp³-hybridized carbons (Fsp3) is 0.515. The predicted octanol–water partition coefficient (Wildman–Crippen LogP) is 4.80. The Kier molecular flexibility index (Phi) is 10.5. The summed E-state index contributed by atoms with van der Waals surface area (Å²) in [5.74, 6) is -2.27. The van der Waals surface area contributed by atoms with Gasteiger partial charge in [-0.15, -0.1) is 0 Å². The van der Waals surface area contributed by atoms with Crippen LogP contribution in [-0.2, 0) is 14.8 Å². The number of carbonyl (C=O) groups is 1. The topological polar surface area (TPSA) is 107 Å². The molecule has 0 aliphatic carbocycles. The molecule has 6 rings (SSSR count). The Morgan fingerprint density at radius 3 is 2.38 bits per heavy atom. The van der Waals surface area contributed by atoms with Crippen LogP contribution in [0.2, 0.25) is 0 Å². The van der Waals surface area contributed by atoms with Crippen molar-refractivity contribution in [1.82, 2.24) is 19.1 Å². The average molecular weight is 696 g/mol. The van der Waals surface area contributed by atoms with Crippen LogP contribution in [0.15, 0.2) is 53.4 Å². The van der Waals surface area contributed by atoms with Crippen molar-refractivity contribution >= 4 is 32.7 Å². The zero-order valence-corrected chi connectivity index (χ0v) is 28.0. The molecule has 15 heteroatoms. The number of methoxy groups -OCH3 is 1. The van der Waals surface area contributed by atoms with Gasteiger partial charge in [0, 0.05) is 62.8 Å². The summed E-state index contributed by atoms with van der Waals surface area (Å²) in [5.41, 5.74) is 1.66. The monoisotopic (exact) mass is 695 g/mol. The summed E-state index contributed by atoms with van der Waals surface area (Å²) in [6.07, 6.45) is -1.69. The summed E-state index contributed by atoms with van der Waals surface area (Å²) in [7, 11) is 2.04. The first-order chi connectivity index (χ1) is 22.6. The second-order valence-corrected chi connectivity index (χ2v) is 14.7. The molecule has 0 bridgehead atoms. The highest BCUT2D eigenvalue weighted by Gasteiger charge is 2.43. The number of aromatic nitrogens is 1. The lowest BCUT2D eigenvalue weighted by Crippen LogP contribution is -2.63. The smallest absolute Gasteiger partial charge is 0.490 e. The third-order valence-electron chi connectivity index (χ3n) is 9.70. The van der Waals surface area contributed by atoms with Crippen molar-refractivity contribution in [3.8, 4) is 5.75 Å². The van der Waals surface area contributed by atoms with E-state index in [2.05, 4.69) is 28.8 Å². The van der Waals surface area contributed by atoms with Crippen molar-refractivity contribution in [2.75, 3.05) is 71.9 Å². The molecule has 1 atom stereocenters. The molecule has 3 aromatic rings. The van der Waals surface area contributed by atoms with Gasteiger partial charge in [-0.2, -0.15) is 17.5 Å². The molecule has 10 nitrogen and oxygen atoms in total. The Balaban J connectivity index is 0.000000582. The fourth-order valence-electron chi connectivity index (χ4n) is 6.95. The van der Waals surface area contributed by atoms with Gasteiger partial charge in [-0.05, 0) is 75.5 Å². The first-order valence-electron chi connectivity index (χ1n) is 15.8. The van der Waals surface area contributed by atoms with E-state index in [0.717, 1.165) is 68.5 Å². The lowest BCUT2D eigenvalue weighted by atomic mass is 9.84. The number of piperidine rings is 2. The minimum Gasteiger partial charge on any atom is -0.497 e. The number of piperazine rings is 1. The Morgan fingerprint density at radius 1 is 1.02 bits per heavy atom. The van der Waals surface area contributed by atoms with E-state index in [1.807, 2.05) is 30.3 Å². The van der Waals surface area contributed by atoms with Crippen molar-refractivity contribution < 1.29 is 40.6 Å². The predicted molar refractivity (Wildman–Crippen MR) is 173 cm³/mol. The Hall–Kier alpha value is -3.53. The lowest BCUT2D eigenvalue weighted by Gasteiger charge is -2.52. The van der Waals surface area contributed by atoms with Gasteiger partial charge >= 0.3 is 12.1 Å². The number of sulfonamides is 1. The number of aliphatic carboxylic acids is 1. The molecule has 2 aromatic carbocycles. The van der Waals surface area contributed by atoms with Crippen LogP contribution in [0.1, 0.15) is 37.2 Å². The first kappa shape index (κ1) is 35.8. The van der Waals surface area contributed by atoms with E-state index in [4.69, 9.17) is 19.6 Å². The molecule has 1 spiro atoms. The quantitative estimate of drug-likeness (QED) is 0.377. The van der Waals surface area contributed by atoms with Crippen molar-refractivity contribution in [1.29, 1.82) is 0 Å². The molecule has 4 heterocycles. The number of halogens is 4. The molecule has 0 amide bonds. The van der Waals surface area contributed by atoms with E-state index in [0.29, 0.717) is 31.1 Å². The highest BCUT2D eigenvalue weighted by atomic mass is 32.2. The number of ether oxygens (including phenoxy) is 1. The summed E-state index contributed by atoms with van der Waals surface area (Å²) >= 11 is 0. The molecule has 48 heavy (non-hydrogen) atoms. The van der Waals surface area contributed by atoms with Crippen LogP contribution in [-0.4, -0.2) is 117 Å². The van der Waals surface area contributed by atoms with Gasteiger partial charge in [0.25, 0.3) is 0 Å². The Morgan fingerprint density at radius 2 is 1.71 bits per heavy atom. The molecule has 0 radical (unpaired) electrons. The van der Waals surface area contributed by atoms with Crippen LogP contribution in [0, 0.1) is 5.82 Å². The summed E-state index contributed by atoms with van der Waals surface area (Å²) < 4.78 is 81.7. The number of anilines is 1. The van der Waals surface area contributed by atoms with E-state index < -0.39 is 22.2 Å². The molecule has 3 aliphatic heterocycles. The number of nitrogens with zero attached hydrogens (tertiary/aromatic N) is 5. The molecule has 1 aromatic heterocycles. The van der Waals surface area contributed by atoms with E-state index >= 15 is 0 Å². The van der Waals surface area contributed by atoms with Gasteiger partial charge in [0.15, 0.2) is 0 Å². The maximum absolute atomic E-state index is 14.4. The van der Waals surface area contributed by atoms with Crippen molar-refractivity contribution in [3.05, 3.63) is 59.9 Å². The third-order valence-corrected chi connectivity index (χ3v) is 11.6. The number of fused-ring (bicyclic) bond motifs is 1. The number of hydrogen-bond acceptors (Lipinski definition) is 8. The van der Waals surface area contributed by atoms with Gasteiger partial charge in [0.2, 0.25) is 10.0 Å². The lowest BCUT2D eigenvalue weighted by molar-refractivity contribution is -0.192. The molecule has 1 unspecified atom stereocenters. The Labute approximate surface area is 277 Å². The average Bonchev–Trinajstić information content (AvgIpc) is 3.06. The van der Waals surface area contributed by atoms with Crippen LogP contribution in [0.4, 0.5) is 23.4 Å². The standard InChI is InChI=1S/C31H40FN5O3S.C2HF3O2/c1-34-15-16-35(2)31(22-34)10-13-36(14-11-31)30-29(19-23-7-4-5-9-28(23)33-30)41(38,39)37-12-6-8-24(21-37)25-17-26(32)20-27(18-25)40-3;3-2(4,5)1(6)7/h4-5,7,9,17-20,24H,6,8,10-16,21-22H2,1-3H3;(H,6,7). The largest absolute Gasteiger partial charge is 0.497 e. The molecular formula is C33H41F4N5O5S. The maximum Gasteiger partial charge on any atom is 0.490 e. The Bertz CT molecular complexity index is 1730. The maximum atomic E-state index is 14.4. The third kappa shape index (κ3) is 7.69. The molecule has 262 valence electrons. The zero-order valence-electron chi connectivity index (χ0n) is 27.2. The van der Waals surface area contributed by atoms with Gasteiger partial charge in [0.05, 0.1) is 12.6 Å². The SMILES string of the molecule is COc1cc(F)cc(C2CCCN(S(=O)(=O)c3cc4ccccc4nc3N3CCC4(CC3)CN(C)CCN4C)C2)c1.O=C(O)C(F)(F)F. The fourth-order valence-corrected chi connectivity index (χ4v) is 8.65. The number of pyridine rings is 1.